The standard InChI is InChI=1S/C16H24BrNO/c1-2-13-5-4-8-16(18,12-13)9-10-19-15-7-3-6-14(17)11-15/h3,6-7,11,13H,2,4-5,8-10,12,18H2,1H3. The fraction of sp³-hybridized carbons (Fsp3) is 0.625. The Labute approximate surface area is 124 Å². The highest BCUT2D eigenvalue weighted by Crippen LogP contribution is 2.34. The van der Waals surface area contributed by atoms with E-state index in [2.05, 4.69) is 22.9 Å². The Morgan fingerprint density at radius 1 is 1.47 bits per heavy atom. The Balaban J connectivity index is 1.81. The first-order chi connectivity index (χ1) is 9.11. The number of rotatable bonds is 5. The molecule has 0 aromatic heterocycles. The van der Waals surface area contributed by atoms with E-state index >= 15 is 0 Å². The van der Waals surface area contributed by atoms with Crippen molar-refractivity contribution in [1.82, 2.24) is 0 Å². The molecular weight excluding hydrogens is 302 g/mol. The molecule has 2 atom stereocenters. The summed E-state index contributed by atoms with van der Waals surface area (Å²) in [4.78, 5) is 0. The van der Waals surface area contributed by atoms with Gasteiger partial charge in [-0.1, -0.05) is 48.2 Å². The molecule has 3 heteroatoms. The molecule has 0 saturated heterocycles. The SMILES string of the molecule is CCC1CCCC(N)(CCOc2cccc(Br)c2)C1. The van der Waals surface area contributed by atoms with Crippen molar-refractivity contribution in [2.24, 2.45) is 11.7 Å². The quantitative estimate of drug-likeness (QED) is 0.864. The molecule has 1 aliphatic rings. The van der Waals surface area contributed by atoms with Gasteiger partial charge in [0.25, 0.3) is 0 Å². The second kappa shape index (κ2) is 6.76. The summed E-state index contributed by atoms with van der Waals surface area (Å²) in [6, 6.07) is 7.98. The molecule has 2 rings (SSSR count). The number of ether oxygens (including phenoxy) is 1. The normalized spacial score (nSPS) is 27.2. The van der Waals surface area contributed by atoms with Gasteiger partial charge in [0.2, 0.25) is 0 Å². The Kier molecular flexibility index (Phi) is 5.28. The van der Waals surface area contributed by atoms with E-state index in [1.54, 1.807) is 0 Å². The van der Waals surface area contributed by atoms with Crippen LogP contribution in [0.25, 0.3) is 0 Å². The van der Waals surface area contributed by atoms with Crippen molar-refractivity contribution in [2.45, 2.75) is 51.0 Å². The number of benzene rings is 1. The van der Waals surface area contributed by atoms with Crippen molar-refractivity contribution in [3.63, 3.8) is 0 Å². The van der Waals surface area contributed by atoms with Gasteiger partial charge in [0.15, 0.2) is 0 Å². The van der Waals surface area contributed by atoms with Gasteiger partial charge in [-0.25, -0.2) is 0 Å². The summed E-state index contributed by atoms with van der Waals surface area (Å²) >= 11 is 3.45. The lowest BCUT2D eigenvalue weighted by molar-refractivity contribution is 0.175. The fourth-order valence-corrected chi connectivity index (χ4v) is 3.40. The molecule has 1 aliphatic carbocycles. The van der Waals surface area contributed by atoms with E-state index in [0.717, 1.165) is 35.4 Å². The van der Waals surface area contributed by atoms with E-state index in [-0.39, 0.29) is 5.54 Å². The lowest BCUT2D eigenvalue weighted by Crippen LogP contribution is -2.45. The third-order valence-electron chi connectivity index (χ3n) is 4.22. The van der Waals surface area contributed by atoms with E-state index in [1.807, 2.05) is 24.3 Å². The summed E-state index contributed by atoms with van der Waals surface area (Å²) < 4.78 is 6.87. The Bertz CT molecular complexity index is 409. The van der Waals surface area contributed by atoms with E-state index in [1.165, 1.54) is 19.3 Å². The maximum Gasteiger partial charge on any atom is 0.120 e. The van der Waals surface area contributed by atoms with Gasteiger partial charge in [-0.15, -0.1) is 0 Å². The lowest BCUT2D eigenvalue weighted by atomic mass is 9.74. The molecule has 0 radical (unpaired) electrons. The molecule has 1 saturated carbocycles. The minimum absolute atomic E-state index is 0.00899. The highest BCUT2D eigenvalue weighted by atomic mass is 79.9. The average molecular weight is 326 g/mol. The highest BCUT2D eigenvalue weighted by Gasteiger charge is 2.31. The molecule has 2 unspecified atom stereocenters. The van der Waals surface area contributed by atoms with Crippen LogP contribution in [0, 0.1) is 5.92 Å². The molecule has 0 aliphatic heterocycles. The number of hydrogen-bond donors (Lipinski definition) is 1. The topological polar surface area (TPSA) is 35.2 Å². The van der Waals surface area contributed by atoms with Gasteiger partial charge >= 0.3 is 0 Å². The van der Waals surface area contributed by atoms with E-state index < -0.39 is 0 Å². The zero-order chi connectivity index (χ0) is 13.7. The molecule has 0 amide bonds. The first-order valence-corrected chi connectivity index (χ1v) is 8.08. The molecule has 0 spiro atoms. The number of halogens is 1. The molecular formula is C16H24BrNO. The lowest BCUT2D eigenvalue weighted by Gasteiger charge is -2.37. The van der Waals surface area contributed by atoms with Crippen LogP contribution < -0.4 is 10.5 Å². The van der Waals surface area contributed by atoms with Gasteiger partial charge in [0.05, 0.1) is 6.61 Å². The van der Waals surface area contributed by atoms with E-state index in [4.69, 9.17) is 10.5 Å². The molecule has 106 valence electrons. The minimum atomic E-state index is -0.00899. The van der Waals surface area contributed by atoms with Crippen molar-refractivity contribution < 1.29 is 4.74 Å². The molecule has 0 bridgehead atoms. The molecule has 2 nitrogen and oxygen atoms in total. The van der Waals surface area contributed by atoms with Crippen LogP contribution in [0.2, 0.25) is 0 Å². The maximum atomic E-state index is 6.53. The summed E-state index contributed by atoms with van der Waals surface area (Å²) in [5.41, 5.74) is 6.52. The third-order valence-corrected chi connectivity index (χ3v) is 4.72. The van der Waals surface area contributed by atoms with Gasteiger partial charge in [0, 0.05) is 10.0 Å². The number of hydrogen-bond acceptors (Lipinski definition) is 2. The third kappa shape index (κ3) is 4.50. The first-order valence-electron chi connectivity index (χ1n) is 7.28. The van der Waals surface area contributed by atoms with Crippen molar-refractivity contribution in [1.29, 1.82) is 0 Å². The Hall–Kier alpha value is -0.540. The predicted molar refractivity (Wildman–Crippen MR) is 83.4 cm³/mol. The van der Waals surface area contributed by atoms with Crippen LogP contribution in [0.4, 0.5) is 0 Å². The summed E-state index contributed by atoms with van der Waals surface area (Å²) in [5.74, 6) is 1.73. The van der Waals surface area contributed by atoms with Crippen LogP contribution in [0.5, 0.6) is 5.75 Å². The maximum absolute atomic E-state index is 6.53. The van der Waals surface area contributed by atoms with Gasteiger partial charge < -0.3 is 10.5 Å². The van der Waals surface area contributed by atoms with Gasteiger partial charge in [-0.3, -0.25) is 0 Å². The smallest absolute Gasteiger partial charge is 0.120 e. The summed E-state index contributed by atoms with van der Waals surface area (Å²) in [6.07, 6.45) is 7.13. The largest absolute Gasteiger partial charge is 0.493 e. The van der Waals surface area contributed by atoms with Gasteiger partial charge in [-0.2, -0.15) is 0 Å². The molecule has 1 aromatic rings. The molecule has 1 aromatic carbocycles. The zero-order valence-electron chi connectivity index (χ0n) is 11.7. The van der Waals surface area contributed by atoms with Crippen molar-refractivity contribution in [2.75, 3.05) is 6.61 Å². The first kappa shape index (κ1) is 14.9. The van der Waals surface area contributed by atoms with Crippen LogP contribution in [0.15, 0.2) is 28.7 Å². The molecule has 19 heavy (non-hydrogen) atoms. The predicted octanol–water partition coefficient (Wildman–Crippen LogP) is 4.52. The summed E-state index contributed by atoms with van der Waals surface area (Å²) in [7, 11) is 0. The number of nitrogens with two attached hydrogens (primary N) is 1. The molecule has 1 fully saturated rings. The highest BCUT2D eigenvalue weighted by molar-refractivity contribution is 9.10. The summed E-state index contributed by atoms with van der Waals surface area (Å²) in [5, 5.41) is 0. The fourth-order valence-electron chi connectivity index (χ4n) is 3.03. The zero-order valence-corrected chi connectivity index (χ0v) is 13.3. The summed E-state index contributed by atoms with van der Waals surface area (Å²) in [6.45, 7) is 2.98. The Morgan fingerprint density at radius 3 is 3.05 bits per heavy atom. The Morgan fingerprint density at radius 2 is 2.32 bits per heavy atom. The van der Waals surface area contributed by atoms with Crippen LogP contribution in [0.3, 0.4) is 0 Å². The van der Waals surface area contributed by atoms with E-state index in [9.17, 15) is 0 Å². The molecule has 2 N–H and O–H groups in total. The van der Waals surface area contributed by atoms with Crippen LogP contribution in [-0.4, -0.2) is 12.1 Å². The van der Waals surface area contributed by atoms with Crippen molar-refractivity contribution in [3.8, 4) is 5.75 Å². The van der Waals surface area contributed by atoms with Crippen LogP contribution in [-0.2, 0) is 0 Å². The van der Waals surface area contributed by atoms with Crippen molar-refractivity contribution >= 4 is 15.9 Å². The van der Waals surface area contributed by atoms with Crippen LogP contribution >= 0.6 is 15.9 Å². The second-order valence-electron chi connectivity index (χ2n) is 5.79. The average Bonchev–Trinajstić information content (AvgIpc) is 2.38. The van der Waals surface area contributed by atoms with Crippen LogP contribution in [0.1, 0.15) is 45.4 Å². The molecule has 0 heterocycles. The minimum Gasteiger partial charge on any atom is -0.493 e. The van der Waals surface area contributed by atoms with Gasteiger partial charge in [0.1, 0.15) is 5.75 Å². The van der Waals surface area contributed by atoms with Crippen molar-refractivity contribution in [3.05, 3.63) is 28.7 Å². The van der Waals surface area contributed by atoms with Gasteiger partial charge in [-0.05, 0) is 43.4 Å². The monoisotopic (exact) mass is 325 g/mol. The van der Waals surface area contributed by atoms with E-state index in [0.29, 0.717) is 6.61 Å². The second-order valence-corrected chi connectivity index (χ2v) is 6.70.